The normalized spacial score (nSPS) is 16.9. The zero-order valence-corrected chi connectivity index (χ0v) is 35.2. The van der Waals surface area contributed by atoms with E-state index in [1.54, 1.807) is 0 Å². The average molecular weight is 822 g/mol. The van der Waals surface area contributed by atoms with E-state index in [-0.39, 0.29) is 17.3 Å². The van der Waals surface area contributed by atoms with Crippen LogP contribution in [0.25, 0.3) is 44.5 Å². The van der Waals surface area contributed by atoms with Crippen LogP contribution in [0.3, 0.4) is 0 Å². The topological polar surface area (TPSA) is 21.7 Å². The van der Waals surface area contributed by atoms with E-state index >= 15 is 0 Å². The predicted octanol–water partition coefficient (Wildman–Crippen LogP) is 15.7. The van der Waals surface area contributed by atoms with Gasteiger partial charge in [0.1, 0.15) is 5.76 Å². The second kappa shape index (κ2) is 14.6. The Hall–Kier alpha value is -7.88. The molecule has 0 amide bonds. The summed E-state index contributed by atoms with van der Waals surface area (Å²) >= 11 is 0. The molecule has 9 aromatic carbocycles. The van der Waals surface area contributed by atoms with Crippen LogP contribution in [0.15, 0.2) is 236 Å². The molecule has 3 heteroatoms. The number of allylic oxidation sites excluding steroid dienone is 2. The highest BCUT2D eigenvalue weighted by Crippen LogP contribution is 2.68. The molecule has 304 valence electrons. The lowest BCUT2D eigenvalue weighted by Gasteiger charge is -2.41. The van der Waals surface area contributed by atoms with Crippen molar-refractivity contribution in [3.8, 4) is 56.0 Å². The Morgan fingerprint density at radius 3 is 1.64 bits per heavy atom. The molecule has 1 aliphatic heterocycles. The monoisotopic (exact) mass is 821 g/mol. The van der Waals surface area contributed by atoms with Gasteiger partial charge in [-0.1, -0.05) is 182 Å². The van der Waals surface area contributed by atoms with Gasteiger partial charge in [0, 0.05) is 23.9 Å². The third-order valence-electron chi connectivity index (χ3n) is 14.2. The molecule has 4 aliphatic rings. The van der Waals surface area contributed by atoms with Crippen molar-refractivity contribution in [3.05, 3.63) is 258 Å². The highest BCUT2D eigenvalue weighted by atomic mass is 16.6. The fourth-order valence-corrected chi connectivity index (χ4v) is 11.6. The molecule has 3 aliphatic carbocycles. The number of anilines is 3. The molecule has 0 N–H and O–H groups in total. The first kappa shape index (κ1) is 36.7. The molecule has 1 heterocycles. The van der Waals surface area contributed by atoms with Crippen molar-refractivity contribution in [2.45, 2.75) is 24.2 Å². The Kier molecular flexibility index (Phi) is 8.39. The fraction of sp³-hybridized carbons (Fsp3) is 0.0820. The van der Waals surface area contributed by atoms with Crippen molar-refractivity contribution in [2.75, 3.05) is 4.90 Å². The average Bonchev–Trinajstić information content (AvgIpc) is 3.84. The fourth-order valence-electron chi connectivity index (χ4n) is 11.6. The second-order valence-corrected chi connectivity index (χ2v) is 17.4. The molecule has 2 unspecified atom stereocenters. The molecule has 0 fully saturated rings. The van der Waals surface area contributed by atoms with Gasteiger partial charge in [0.25, 0.3) is 0 Å². The maximum absolute atomic E-state index is 7.16. The van der Waals surface area contributed by atoms with Crippen LogP contribution in [0.1, 0.15) is 41.0 Å². The third kappa shape index (κ3) is 5.53. The molecule has 0 bridgehead atoms. The molecule has 64 heavy (non-hydrogen) atoms. The molecule has 0 aromatic heterocycles. The summed E-state index contributed by atoms with van der Waals surface area (Å²) in [4.78, 5) is 2.33. The van der Waals surface area contributed by atoms with Crippen molar-refractivity contribution in [2.24, 2.45) is 5.92 Å². The summed E-state index contributed by atoms with van der Waals surface area (Å²) in [6.45, 7) is 0. The summed E-state index contributed by atoms with van der Waals surface area (Å²) in [6, 6.07) is 81.3. The molecule has 2 atom stereocenters. The van der Waals surface area contributed by atoms with Crippen LogP contribution in [0.5, 0.6) is 11.5 Å². The third-order valence-corrected chi connectivity index (χ3v) is 14.2. The zero-order chi connectivity index (χ0) is 42.2. The first-order valence-corrected chi connectivity index (χ1v) is 22.5. The molecular formula is C61H43NO2. The number of hydrogen-bond acceptors (Lipinski definition) is 3. The van der Waals surface area contributed by atoms with E-state index in [1.807, 2.05) is 0 Å². The minimum Gasteiger partial charge on any atom is -0.454 e. The van der Waals surface area contributed by atoms with E-state index in [4.69, 9.17) is 9.47 Å². The van der Waals surface area contributed by atoms with Crippen LogP contribution in [-0.2, 0) is 5.41 Å². The van der Waals surface area contributed by atoms with Gasteiger partial charge >= 0.3 is 0 Å². The van der Waals surface area contributed by atoms with Gasteiger partial charge in [-0.05, 0) is 115 Å². The first-order chi connectivity index (χ1) is 31.7. The molecule has 13 rings (SSSR count). The number of fused-ring (bicyclic) bond motifs is 12. The summed E-state index contributed by atoms with van der Waals surface area (Å²) in [6.07, 6.45) is 1.78. The lowest BCUT2D eigenvalue weighted by atomic mass is 9.63. The first-order valence-electron chi connectivity index (χ1n) is 22.5. The second-order valence-electron chi connectivity index (χ2n) is 17.4. The highest BCUT2D eigenvalue weighted by molar-refractivity contribution is 5.88. The maximum atomic E-state index is 7.16. The quantitative estimate of drug-likeness (QED) is 0.167. The van der Waals surface area contributed by atoms with Crippen molar-refractivity contribution in [1.29, 1.82) is 0 Å². The van der Waals surface area contributed by atoms with Gasteiger partial charge in [-0.2, -0.15) is 0 Å². The molecule has 0 saturated heterocycles. The highest BCUT2D eigenvalue weighted by Gasteiger charge is 2.60. The SMILES string of the molecule is c1ccc(-c2cccc(N(c3ccc(-c4ccccc4-c4ccccc4)cc3)c3ccc4c(c3)OC3=C(O4)C4c5ccccc5C5(c6ccccc6-c6ccccc65)C4CC3)c2)cc1. The summed E-state index contributed by atoms with van der Waals surface area (Å²) in [5, 5.41) is 0. The predicted molar refractivity (Wildman–Crippen MR) is 259 cm³/mol. The Bertz CT molecular complexity index is 3250. The van der Waals surface area contributed by atoms with Crippen molar-refractivity contribution in [1.82, 2.24) is 0 Å². The van der Waals surface area contributed by atoms with E-state index in [9.17, 15) is 0 Å². The summed E-state index contributed by atoms with van der Waals surface area (Å²) in [5.74, 6) is 3.74. The van der Waals surface area contributed by atoms with E-state index < -0.39 is 0 Å². The largest absolute Gasteiger partial charge is 0.454 e. The van der Waals surface area contributed by atoms with Gasteiger partial charge in [0.15, 0.2) is 17.3 Å². The van der Waals surface area contributed by atoms with Crippen LogP contribution in [0.2, 0.25) is 0 Å². The Labute approximate surface area is 374 Å². The molecule has 0 saturated carbocycles. The number of hydrogen-bond donors (Lipinski definition) is 0. The molecule has 1 spiro atoms. The van der Waals surface area contributed by atoms with E-state index in [2.05, 4.69) is 229 Å². The lowest BCUT2D eigenvalue weighted by Crippen LogP contribution is -2.37. The number of nitrogens with zero attached hydrogens (tertiary/aromatic N) is 1. The van der Waals surface area contributed by atoms with Crippen LogP contribution in [0, 0.1) is 5.92 Å². The molecule has 3 nitrogen and oxygen atoms in total. The van der Waals surface area contributed by atoms with Crippen LogP contribution >= 0.6 is 0 Å². The lowest BCUT2D eigenvalue weighted by molar-refractivity contribution is 0.195. The van der Waals surface area contributed by atoms with Crippen LogP contribution in [0.4, 0.5) is 17.1 Å². The standard InChI is InChI=1S/C61H43NO2/c1-3-16-40(17-4-1)43-20-15-21-45(38-43)62(44-32-30-42(31-33-44)48-23-8-7-22-47(48)41-18-5-2-6-19-41)46-34-36-56-58(39-46)63-57-37-35-55-59(60(57)64-56)51-26-11-14-29-54(51)61(55)52-27-12-9-24-49(52)50-25-10-13-28-53(50)61/h1-34,36,38-39,55,59H,35,37H2. The molecule has 9 aromatic rings. The van der Waals surface area contributed by atoms with Crippen molar-refractivity contribution in [3.63, 3.8) is 0 Å². The van der Waals surface area contributed by atoms with Crippen LogP contribution in [-0.4, -0.2) is 0 Å². The Balaban J connectivity index is 0.894. The van der Waals surface area contributed by atoms with Crippen LogP contribution < -0.4 is 14.4 Å². The number of ether oxygens (including phenoxy) is 2. The van der Waals surface area contributed by atoms with Gasteiger partial charge < -0.3 is 14.4 Å². The minimum atomic E-state index is -0.256. The van der Waals surface area contributed by atoms with E-state index in [1.165, 1.54) is 61.2 Å². The van der Waals surface area contributed by atoms with Crippen molar-refractivity contribution < 1.29 is 9.47 Å². The van der Waals surface area contributed by atoms with E-state index in [0.29, 0.717) is 0 Å². The smallest absolute Gasteiger partial charge is 0.171 e. The Morgan fingerprint density at radius 1 is 0.391 bits per heavy atom. The summed E-state index contributed by atoms with van der Waals surface area (Å²) < 4.78 is 14.2. The van der Waals surface area contributed by atoms with Gasteiger partial charge in [-0.25, -0.2) is 0 Å². The molecular weight excluding hydrogens is 779 g/mol. The number of rotatable bonds is 6. The molecule has 0 radical (unpaired) electrons. The maximum Gasteiger partial charge on any atom is 0.171 e. The van der Waals surface area contributed by atoms with Crippen molar-refractivity contribution >= 4 is 17.1 Å². The minimum absolute atomic E-state index is 0.0646. The zero-order valence-electron chi connectivity index (χ0n) is 35.2. The summed E-state index contributed by atoms with van der Waals surface area (Å²) in [5.41, 5.74) is 18.2. The van der Waals surface area contributed by atoms with Gasteiger partial charge in [0.05, 0.1) is 17.0 Å². The van der Waals surface area contributed by atoms with Gasteiger partial charge in [-0.15, -0.1) is 0 Å². The summed E-state index contributed by atoms with van der Waals surface area (Å²) in [7, 11) is 0. The van der Waals surface area contributed by atoms with Gasteiger partial charge in [0.2, 0.25) is 0 Å². The van der Waals surface area contributed by atoms with E-state index in [0.717, 1.165) is 58.5 Å². The number of benzene rings is 9. The Morgan fingerprint density at radius 2 is 0.938 bits per heavy atom. The van der Waals surface area contributed by atoms with Gasteiger partial charge in [-0.3, -0.25) is 0 Å².